The second-order valence-corrected chi connectivity index (χ2v) is 26.7. The third-order valence-corrected chi connectivity index (χ3v) is 12.1. The Morgan fingerprint density at radius 2 is 0.800 bits per heavy atom. The maximum Gasteiger partial charge on any atom is 0.122 e. The molecular formula is C80H121N3OS. The highest BCUT2D eigenvalue weighted by Gasteiger charge is 2.09. The summed E-state index contributed by atoms with van der Waals surface area (Å²) in [4.78, 5) is 9.69. The number of nitrogens with zero attached hydrogens (tertiary/aromatic N) is 2. The Morgan fingerprint density at radius 3 is 1.33 bits per heavy atom. The molecule has 1 N–H and O–H groups in total. The standard InChI is InChI=1S/C10H12.C9H11N.2C9H7N.C9H10O.C9H10S.6C4H10.CH4/c1-2-6-10-8-4-3-7-9(10)5-1;2*1-2-6-9-8(4-1)5-3-7-10-9;1-2-4-9-7-10-6-5-8(9)3-1;2*1-2-6-9-8(4-1)5-3-7-10-9;6*1-4(2)3;/h1-2,5-6H,3-4,7-8H2;1-2,4,6,10H,3,5,7H2;2*1-7H;2*1-2,4,6H,3,5,7H2;6*4H,1-3H3;1H4. The van der Waals surface area contributed by atoms with Gasteiger partial charge in [0.05, 0.1) is 12.1 Å². The molecule has 0 amide bonds. The van der Waals surface area contributed by atoms with Gasteiger partial charge in [-0.1, -0.05) is 259 Å². The molecule has 0 bridgehead atoms. The third kappa shape index (κ3) is 43.4. The molecular weight excluding hydrogens is 1050 g/mol. The molecule has 12 rings (SSSR count). The number of nitrogens with one attached hydrogen (secondary N) is 1. The first-order chi connectivity index (χ1) is 40.2. The van der Waals surface area contributed by atoms with Gasteiger partial charge in [-0.2, -0.15) is 0 Å². The minimum atomic E-state index is 0. The van der Waals surface area contributed by atoms with Crippen LogP contribution in [0.3, 0.4) is 0 Å². The van der Waals surface area contributed by atoms with Crippen molar-refractivity contribution in [3.05, 3.63) is 210 Å². The summed E-state index contributed by atoms with van der Waals surface area (Å²) in [5.41, 5.74) is 9.91. The average Bonchev–Trinajstić information content (AvgIpc) is 3.50. The lowest BCUT2D eigenvalue weighted by Crippen LogP contribution is -2.10. The number of hydrogen-bond acceptors (Lipinski definition) is 5. The number of hydrogen-bond donors (Lipinski definition) is 1. The quantitative estimate of drug-likeness (QED) is 0.164. The smallest absolute Gasteiger partial charge is 0.122 e. The van der Waals surface area contributed by atoms with E-state index in [1.807, 2.05) is 84.9 Å². The van der Waals surface area contributed by atoms with E-state index in [0.29, 0.717) is 0 Å². The SMILES string of the molecule is C.CC(C)C.CC(C)C.CC(C)C.CC(C)C.CC(C)C.CC(C)C.c1ccc2c(c1)CCCC2.c1ccc2c(c1)CCCN2.c1ccc2c(c1)CCCO2.c1ccc2c(c1)CCCS2.c1ccc2cnccc2c1.c1ccc2ncccc2c1. The summed E-state index contributed by atoms with van der Waals surface area (Å²) in [6, 6.07) is 56.6. The van der Waals surface area contributed by atoms with Gasteiger partial charge in [0.2, 0.25) is 0 Å². The van der Waals surface area contributed by atoms with Crippen molar-refractivity contribution in [2.24, 2.45) is 35.5 Å². The van der Waals surface area contributed by atoms with Gasteiger partial charge in [0, 0.05) is 41.1 Å². The monoisotopic (exact) mass is 1170 g/mol. The van der Waals surface area contributed by atoms with Crippen LogP contribution in [-0.2, 0) is 32.1 Å². The molecule has 0 unspecified atom stereocenters. The summed E-state index contributed by atoms with van der Waals surface area (Å²) in [6.07, 6.45) is 18.3. The molecule has 4 nitrogen and oxygen atoms in total. The number of aryl methyl sites for hydroxylation is 5. The molecule has 1 aliphatic carbocycles. The van der Waals surface area contributed by atoms with Crippen molar-refractivity contribution < 1.29 is 4.74 Å². The molecule has 468 valence electrons. The molecule has 3 aliphatic heterocycles. The first-order valence-electron chi connectivity index (χ1n) is 32.1. The van der Waals surface area contributed by atoms with Crippen LogP contribution in [0.4, 0.5) is 5.69 Å². The Balaban J connectivity index is 0.000000926. The van der Waals surface area contributed by atoms with E-state index in [2.05, 4.69) is 249 Å². The lowest BCUT2D eigenvalue weighted by molar-refractivity contribution is 0.288. The van der Waals surface area contributed by atoms with Crippen LogP contribution < -0.4 is 10.1 Å². The molecule has 85 heavy (non-hydrogen) atoms. The molecule has 0 spiro atoms. The predicted molar refractivity (Wildman–Crippen MR) is 385 cm³/mol. The van der Waals surface area contributed by atoms with Crippen LogP contribution in [0.15, 0.2) is 187 Å². The van der Waals surface area contributed by atoms with E-state index < -0.39 is 0 Å². The number of rotatable bonds is 0. The molecule has 0 radical (unpaired) electrons. The number of fused-ring (bicyclic) bond motifs is 6. The fourth-order valence-electron chi connectivity index (χ4n) is 7.72. The molecule has 5 heteroatoms. The van der Waals surface area contributed by atoms with Crippen molar-refractivity contribution in [3.8, 4) is 5.75 Å². The zero-order valence-electron chi connectivity index (χ0n) is 56.2. The average molecular weight is 1170 g/mol. The van der Waals surface area contributed by atoms with Crippen molar-refractivity contribution in [1.29, 1.82) is 0 Å². The van der Waals surface area contributed by atoms with Gasteiger partial charge in [-0.25, -0.2) is 0 Å². The highest BCUT2D eigenvalue weighted by molar-refractivity contribution is 7.99. The molecule has 4 aliphatic rings. The van der Waals surface area contributed by atoms with Gasteiger partial charge in [-0.05, 0) is 180 Å². The number of thioether (sulfide) groups is 1. The first kappa shape index (κ1) is 79.1. The number of ether oxygens (including phenoxy) is 1. The Labute approximate surface area is 527 Å². The largest absolute Gasteiger partial charge is 0.493 e. The first-order valence-corrected chi connectivity index (χ1v) is 33.1. The van der Waals surface area contributed by atoms with E-state index in [1.165, 1.54) is 101 Å². The molecule has 2 aromatic heterocycles. The summed E-state index contributed by atoms with van der Waals surface area (Å²) >= 11 is 1.99. The second kappa shape index (κ2) is 50.3. The molecule has 0 fully saturated rings. The van der Waals surface area contributed by atoms with Crippen molar-refractivity contribution in [2.75, 3.05) is 24.2 Å². The Bertz CT molecular complexity index is 2240. The minimum Gasteiger partial charge on any atom is -0.493 e. The van der Waals surface area contributed by atoms with Crippen LogP contribution in [-0.4, -0.2) is 28.9 Å². The summed E-state index contributed by atoms with van der Waals surface area (Å²) in [7, 11) is 0. The fourth-order valence-corrected chi connectivity index (χ4v) is 8.76. The lowest BCUT2D eigenvalue weighted by Gasteiger charge is -2.16. The third-order valence-electron chi connectivity index (χ3n) is 10.9. The summed E-state index contributed by atoms with van der Waals surface area (Å²) < 4.78 is 5.42. The Morgan fingerprint density at radius 1 is 0.376 bits per heavy atom. The predicted octanol–water partition coefficient (Wildman–Crippen LogP) is 24.4. The van der Waals surface area contributed by atoms with E-state index in [9.17, 15) is 0 Å². The van der Waals surface area contributed by atoms with Gasteiger partial charge in [0.15, 0.2) is 0 Å². The minimum absolute atomic E-state index is 0. The zero-order valence-corrected chi connectivity index (χ0v) is 57.0. The number of para-hydroxylation sites is 3. The topological polar surface area (TPSA) is 47.0 Å². The van der Waals surface area contributed by atoms with Crippen molar-refractivity contribution >= 4 is 39.1 Å². The van der Waals surface area contributed by atoms with E-state index in [-0.39, 0.29) is 7.43 Å². The normalized spacial score (nSPS) is 12.4. The van der Waals surface area contributed by atoms with Gasteiger partial charge in [-0.15, -0.1) is 11.8 Å². The van der Waals surface area contributed by atoms with E-state index in [0.717, 1.165) is 66.3 Å². The molecule has 6 aromatic carbocycles. The maximum atomic E-state index is 5.42. The lowest BCUT2D eigenvalue weighted by atomic mass is 9.92. The van der Waals surface area contributed by atoms with E-state index in [1.54, 1.807) is 16.7 Å². The van der Waals surface area contributed by atoms with Gasteiger partial charge in [-0.3, -0.25) is 9.97 Å². The van der Waals surface area contributed by atoms with Crippen LogP contribution in [0.25, 0.3) is 21.7 Å². The number of anilines is 1. The van der Waals surface area contributed by atoms with Gasteiger partial charge in [0.25, 0.3) is 0 Å². The van der Waals surface area contributed by atoms with Crippen LogP contribution >= 0.6 is 11.8 Å². The van der Waals surface area contributed by atoms with Crippen LogP contribution in [0.2, 0.25) is 0 Å². The van der Waals surface area contributed by atoms with Gasteiger partial charge < -0.3 is 10.1 Å². The highest BCUT2D eigenvalue weighted by atomic mass is 32.2. The molecule has 0 saturated carbocycles. The molecule has 0 atom stereocenters. The number of pyridine rings is 2. The summed E-state index contributed by atoms with van der Waals surface area (Å²) in [5.74, 6) is 7.38. The van der Waals surface area contributed by atoms with Crippen molar-refractivity contribution in [3.63, 3.8) is 0 Å². The number of aromatic nitrogens is 2. The zero-order chi connectivity index (χ0) is 62.3. The van der Waals surface area contributed by atoms with Crippen LogP contribution in [0.1, 0.15) is 192 Å². The fraction of sp³-hybridized carbons (Fsp3) is 0.475. The van der Waals surface area contributed by atoms with Gasteiger partial charge >= 0.3 is 0 Å². The van der Waals surface area contributed by atoms with Crippen LogP contribution in [0, 0.1) is 35.5 Å². The number of benzene rings is 6. The molecule has 5 heterocycles. The van der Waals surface area contributed by atoms with Crippen LogP contribution in [0.5, 0.6) is 5.75 Å². The Kier molecular flexibility index (Phi) is 46.8. The Hall–Kier alpha value is -5.91. The van der Waals surface area contributed by atoms with Gasteiger partial charge in [0.1, 0.15) is 5.75 Å². The van der Waals surface area contributed by atoms with E-state index >= 15 is 0 Å². The highest BCUT2D eigenvalue weighted by Crippen LogP contribution is 2.29. The van der Waals surface area contributed by atoms with E-state index in [4.69, 9.17) is 4.74 Å². The van der Waals surface area contributed by atoms with Crippen molar-refractivity contribution in [2.45, 2.75) is 201 Å². The summed E-state index contributed by atoms with van der Waals surface area (Å²) in [5, 5.41) is 7.01. The maximum absolute atomic E-state index is 5.42. The molecule has 0 saturated heterocycles. The second-order valence-electron chi connectivity index (χ2n) is 25.6. The summed E-state index contributed by atoms with van der Waals surface area (Å²) in [6.45, 7) is 41.0. The van der Waals surface area contributed by atoms with Crippen molar-refractivity contribution in [1.82, 2.24) is 9.97 Å². The molecule has 8 aromatic rings.